The van der Waals surface area contributed by atoms with Crippen LogP contribution in [0.2, 0.25) is 0 Å². The van der Waals surface area contributed by atoms with Gasteiger partial charge in [0.1, 0.15) is 10.1 Å². The Morgan fingerprint density at radius 3 is 1.76 bits per heavy atom. The molecule has 0 fully saturated rings. The van der Waals surface area contributed by atoms with Crippen LogP contribution in [0, 0.1) is 14.3 Å². The van der Waals surface area contributed by atoms with Crippen LogP contribution in [0.25, 0.3) is 0 Å². The van der Waals surface area contributed by atoms with Crippen LogP contribution >= 0.6 is 90.4 Å². The van der Waals surface area contributed by atoms with E-state index in [0.29, 0.717) is 7.14 Å². The van der Waals surface area contributed by atoms with Crippen LogP contribution in [0.4, 0.5) is 0 Å². The van der Waals surface area contributed by atoms with Crippen LogP contribution in [-0.4, -0.2) is 24.0 Å². The first-order valence-corrected chi connectivity index (χ1v) is 9.36. The Morgan fingerprint density at radius 2 is 1.41 bits per heavy atom. The zero-order valence-electron chi connectivity index (χ0n) is 7.50. The molecule has 1 aromatic rings. The average molecular weight is 705 g/mol. The average Bonchev–Trinajstić information content (AvgIpc) is 2.17. The molecular weight excluding hydrogens is 704 g/mol. The fourth-order valence-electron chi connectivity index (χ4n) is 1.04. The third kappa shape index (κ3) is 3.34. The molecular formula is C7HI4O5S-. The maximum atomic E-state index is 11.2. The van der Waals surface area contributed by atoms with E-state index in [4.69, 9.17) is 5.11 Å². The smallest absolute Gasteiger partial charge is 0.338 e. The quantitative estimate of drug-likeness (QED) is 0.221. The van der Waals surface area contributed by atoms with Gasteiger partial charge in [0, 0.05) is 14.3 Å². The molecule has 94 valence electrons. The van der Waals surface area contributed by atoms with Crippen molar-refractivity contribution >= 4 is 106 Å². The molecule has 0 radical (unpaired) electrons. The second-order valence-electron chi connectivity index (χ2n) is 2.72. The first-order chi connectivity index (χ1) is 7.59. The largest absolute Gasteiger partial charge is 0.744 e. The summed E-state index contributed by atoms with van der Waals surface area (Å²) in [6.45, 7) is 0. The molecule has 0 heterocycles. The number of carboxylic acids is 1. The Kier molecular flexibility index (Phi) is 5.73. The molecule has 5 nitrogen and oxygen atoms in total. The predicted octanol–water partition coefficient (Wildman–Crippen LogP) is 2.71. The van der Waals surface area contributed by atoms with E-state index >= 15 is 0 Å². The molecule has 0 aromatic heterocycles. The molecule has 0 atom stereocenters. The normalized spacial score (nSPS) is 11.6. The number of halogens is 4. The van der Waals surface area contributed by atoms with Gasteiger partial charge in [-0.25, -0.2) is 13.2 Å². The van der Waals surface area contributed by atoms with Gasteiger partial charge in [-0.15, -0.1) is 0 Å². The highest BCUT2D eigenvalue weighted by atomic mass is 127. The molecule has 10 heteroatoms. The summed E-state index contributed by atoms with van der Waals surface area (Å²) in [5.41, 5.74) is -0.449. The third-order valence-corrected chi connectivity index (χ3v) is 10.4. The lowest BCUT2D eigenvalue weighted by molar-refractivity contribution is 0.0690. The second kappa shape index (κ2) is 5.88. The number of benzene rings is 1. The lowest BCUT2D eigenvalue weighted by Crippen LogP contribution is -2.15. The molecule has 0 saturated heterocycles. The Morgan fingerprint density at radius 1 is 1.00 bits per heavy atom. The fourth-order valence-corrected chi connectivity index (χ4v) is 6.39. The highest BCUT2D eigenvalue weighted by Crippen LogP contribution is 2.35. The fraction of sp³-hybridized carbons (Fsp3) is 0. The first kappa shape index (κ1) is 16.6. The molecule has 1 aromatic carbocycles. The van der Waals surface area contributed by atoms with Crippen molar-refractivity contribution in [1.29, 1.82) is 0 Å². The van der Waals surface area contributed by atoms with Crippen molar-refractivity contribution in [3.05, 3.63) is 19.8 Å². The highest BCUT2D eigenvalue weighted by molar-refractivity contribution is 14.1. The summed E-state index contributed by atoms with van der Waals surface area (Å²) < 4.78 is 35.1. The van der Waals surface area contributed by atoms with Gasteiger partial charge in [-0.2, -0.15) is 0 Å². The SMILES string of the molecule is O=C(O)c1c(I)c(I)c(I)c(I)c1S(=O)(=O)[O-]. The number of aromatic carboxylic acids is 1. The highest BCUT2D eigenvalue weighted by Gasteiger charge is 2.26. The van der Waals surface area contributed by atoms with Crippen molar-refractivity contribution in [2.75, 3.05) is 0 Å². The van der Waals surface area contributed by atoms with Gasteiger partial charge >= 0.3 is 5.97 Å². The molecule has 0 bridgehead atoms. The molecule has 0 spiro atoms. The van der Waals surface area contributed by atoms with E-state index in [1.165, 1.54) is 0 Å². The Labute approximate surface area is 151 Å². The number of carbonyl (C=O) groups is 1. The molecule has 0 unspecified atom stereocenters. The Hall–Kier alpha value is 1.52. The molecule has 1 N–H and O–H groups in total. The zero-order chi connectivity index (χ0) is 13.5. The maximum absolute atomic E-state index is 11.2. The summed E-state index contributed by atoms with van der Waals surface area (Å²) in [5.74, 6) is -1.42. The van der Waals surface area contributed by atoms with Crippen molar-refractivity contribution < 1.29 is 22.9 Å². The van der Waals surface area contributed by atoms with E-state index in [-0.39, 0.29) is 7.14 Å². The number of hydrogen-bond acceptors (Lipinski definition) is 4. The van der Waals surface area contributed by atoms with Crippen LogP contribution in [0.5, 0.6) is 0 Å². The summed E-state index contributed by atoms with van der Waals surface area (Å²) in [7, 11) is -4.82. The van der Waals surface area contributed by atoms with Gasteiger partial charge in [-0.05, 0) is 90.4 Å². The summed E-state index contributed by atoms with van der Waals surface area (Å²) in [6, 6.07) is 0. The summed E-state index contributed by atoms with van der Waals surface area (Å²) in [6.07, 6.45) is 0. The third-order valence-electron chi connectivity index (χ3n) is 1.69. The monoisotopic (exact) mass is 705 g/mol. The minimum atomic E-state index is -4.82. The topological polar surface area (TPSA) is 94.5 Å². The predicted molar refractivity (Wildman–Crippen MR) is 92.2 cm³/mol. The van der Waals surface area contributed by atoms with E-state index in [1.807, 2.05) is 45.2 Å². The van der Waals surface area contributed by atoms with Crippen molar-refractivity contribution in [3.8, 4) is 0 Å². The molecule has 17 heavy (non-hydrogen) atoms. The lowest BCUT2D eigenvalue weighted by Gasteiger charge is -2.17. The lowest BCUT2D eigenvalue weighted by atomic mass is 10.2. The van der Waals surface area contributed by atoms with Crippen molar-refractivity contribution in [1.82, 2.24) is 0 Å². The number of rotatable bonds is 2. The summed E-state index contributed by atoms with van der Waals surface area (Å²) in [5, 5.41) is 9.03. The van der Waals surface area contributed by atoms with Gasteiger partial charge in [0.2, 0.25) is 0 Å². The van der Waals surface area contributed by atoms with Crippen molar-refractivity contribution in [2.24, 2.45) is 0 Å². The Bertz CT molecular complexity index is 609. The molecule has 0 aliphatic rings. The van der Waals surface area contributed by atoms with E-state index in [1.54, 1.807) is 45.2 Å². The van der Waals surface area contributed by atoms with Gasteiger partial charge in [0.05, 0.1) is 10.5 Å². The van der Waals surface area contributed by atoms with Crippen LogP contribution in [-0.2, 0) is 10.1 Å². The van der Waals surface area contributed by atoms with Gasteiger partial charge in [-0.1, -0.05) is 0 Å². The van der Waals surface area contributed by atoms with E-state index < -0.39 is 26.5 Å². The van der Waals surface area contributed by atoms with Gasteiger partial charge in [-0.3, -0.25) is 0 Å². The van der Waals surface area contributed by atoms with Crippen LogP contribution < -0.4 is 0 Å². The van der Waals surface area contributed by atoms with E-state index in [9.17, 15) is 17.8 Å². The van der Waals surface area contributed by atoms with Crippen LogP contribution in [0.1, 0.15) is 10.4 Å². The van der Waals surface area contributed by atoms with Gasteiger partial charge < -0.3 is 9.66 Å². The molecule has 0 aliphatic heterocycles. The number of carboxylic acid groups (broad SMARTS) is 1. The minimum absolute atomic E-state index is 0.153. The molecule has 0 amide bonds. The van der Waals surface area contributed by atoms with Crippen molar-refractivity contribution in [3.63, 3.8) is 0 Å². The Balaban J connectivity index is 4.00. The minimum Gasteiger partial charge on any atom is -0.744 e. The van der Waals surface area contributed by atoms with Crippen LogP contribution in [0.3, 0.4) is 0 Å². The first-order valence-electron chi connectivity index (χ1n) is 3.64. The van der Waals surface area contributed by atoms with Crippen LogP contribution in [0.15, 0.2) is 4.90 Å². The van der Waals surface area contributed by atoms with Crippen molar-refractivity contribution in [2.45, 2.75) is 4.90 Å². The second-order valence-corrected chi connectivity index (χ2v) is 8.35. The van der Waals surface area contributed by atoms with Gasteiger partial charge in [0.15, 0.2) is 0 Å². The number of hydrogen-bond donors (Lipinski definition) is 1. The van der Waals surface area contributed by atoms with E-state index in [0.717, 1.165) is 0 Å². The van der Waals surface area contributed by atoms with Gasteiger partial charge in [0.25, 0.3) is 0 Å². The molecule has 0 aliphatic carbocycles. The zero-order valence-corrected chi connectivity index (χ0v) is 16.9. The summed E-state index contributed by atoms with van der Waals surface area (Å²) in [4.78, 5) is 10.4. The standard InChI is InChI=1S/C7H2I4O5S/c8-2-1(7(12)13)6(17(14,15)16)5(11)4(10)3(2)9/h(H,12,13)(H,14,15,16)/p-1. The van der Waals surface area contributed by atoms with E-state index in [2.05, 4.69) is 0 Å². The summed E-state index contributed by atoms with van der Waals surface area (Å²) >= 11 is 7.20. The molecule has 0 saturated carbocycles. The molecule has 1 rings (SSSR count). The maximum Gasteiger partial charge on any atom is 0.338 e.